The summed E-state index contributed by atoms with van der Waals surface area (Å²) in [6.45, 7) is 2.25. The highest BCUT2D eigenvalue weighted by Gasteiger charge is 2.22. The lowest BCUT2D eigenvalue weighted by atomic mass is 10.1. The SMILES string of the molecule is BrC1CCN(c2ncnc3c2CCCCC3)CC1. The number of hydrogen-bond acceptors (Lipinski definition) is 3. The van der Waals surface area contributed by atoms with E-state index >= 15 is 0 Å². The van der Waals surface area contributed by atoms with Crippen LogP contribution in [-0.2, 0) is 12.8 Å². The van der Waals surface area contributed by atoms with E-state index in [-0.39, 0.29) is 0 Å². The minimum atomic E-state index is 0.689. The fourth-order valence-electron chi connectivity index (χ4n) is 3.01. The van der Waals surface area contributed by atoms with Crippen LogP contribution in [-0.4, -0.2) is 27.9 Å². The van der Waals surface area contributed by atoms with E-state index in [4.69, 9.17) is 0 Å². The van der Waals surface area contributed by atoms with E-state index in [2.05, 4.69) is 30.8 Å². The highest BCUT2D eigenvalue weighted by atomic mass is 79.9. The standard InChI is InChI=1S/C14H20BrN3/c15-11-6-8-18(9-7-11)14-12-4-2-1-3-5-13(12)16-10-17-14/h10-11H,1-9H2. The summed E-state index contributed by atoms with van der Waals surface area (Å²) in [5.41, 5.74) is 2.74. The Morgan fingerprint density at radius 1 is 1.06 bits per heavy atom. The van der Waals surface area contributed by atoms with E-state index in [0.717, 1.165) is 19.5 Å². The van der Waals surface area contributed by atoms with Gasteiger partial charge in [0.25, 0.3) is 0 Å². The second-order valence-electron chi connectivity index (χ2n) is 5.34. The molecule has 3 nitrogen and oxygen atoms in total. The molecule has 4 heteroatoms. The van der Waals surface area contributed by atoms with Gasteiger partial charge in [-0.3, -0.25) is 0 Å². The zero-order valence-electron chi connectivity index (χ0n) is 10.7. The Morgan fingerprint density at radius 2 is 1.83 bits per heavy atom. The fourth-order valence-corrected chi connectivity index (χ4v) is 3.42. The highest BCUT2D eigenvalue weighted by molar-refractivity contribution is 9.09. The Kier molecular flexibility index (Phi) is 3.83. The molecule has 0 atom stereocenters. The first kappa shape index (κ1) is 12.4. The van der Waals surface area contributed by atoms with E-state index in [1.807, 2.05) is 0 Å². The second kappa shape index (κ2) is 5.55. The molecular formula is C14H20BrN3. The van der Waals surface area contributed by atoms with Crippen LogP contribution in [0.5, 0.6) is 0 Å². The quantitative estimate of drug-likeness (QED) is 0.589. The van der Waals surface area contributed by atoms with Crippen LogP contribution in [0.3, 0.4) is 0 Å². The van der Waals surface area contributed by atoms with E-state index in [0.29, 0.717) is 4.83 Å². The lowest BCUT2D eigenvalue weighted by Gasteiger charge is -2.32. The average Bonchev–Trinajstić information content (AvgIpc) is 2.64. The third-order valence-corrected chi connectivity index (χ3v) is 4.99. The van der Waals surface area contributed by atoms with Gasteiger partial charge in [-0.1, -0.05) is 22.4 Å². The first-order chi connectivity index (χ1) is 8.84. The van der Waals surface area contributed by atoms with Gasteiger partial charge in [0.05, 0.1) is 0 Å². The van der Waals surface area contributed by atoms with Gasteiger partial charge in [0.15, 0.2) is 0 Å². The van der Waals surface area contributed by atoms with Crippen molar-refractivity contribution in [3.05, 3.63) is 17.6 Å². The normalized spacial score (nSPS) is 21.5. The van der Waals surface area contributed by atoms with Gasteiger partial charge < -0.3 is 4.90 Å². The Bertz CT molecular complexity index is 414. The van der Waals surface area contributed by atoms with Gasteiger partial charge in [-0.15, -0.1) is 0 Å². The van der Waals surface area contributed by atoms with E-state index < -0.39 is 0 Å². The molecule has 1 aromatic rings. The summed E-state index contributed by atoms with van der Waals surface area (Å²) >= 11 is 3.72. The molecule has 0 unspecified atom stereocenters. The molecule has 0 spiro atoms. The molecule has 1 fully saturated rings. The maximum absolute atomic E-state index is 4.58. The summed E-state index contributed by atoms with van der Waals surface area (Å²) in [5.74, 6) is 1.22. The number of aryl methyl sites for hydroxylation is 1. The summed E-state index contributed by atoms with van der Waals surface area (Å²) in [6, 6.07) is 0. The molecule has 0 N–H and O–H groups in total. The summed E-state index contributed by atoms with van der Waals surface area (Å²) in [7, 11) is 0. The molecular weight excluding hydrogens is 290 g/mol. The third kappa shape index (κ3) is 2.53. The Labute approximate surface area is 117 Å². The number of alkyl halides is 1. The molecule has 18 heavy (non-hydrogen) atoms. The van der Waals surface area contributed by atoms with Crippen molar-refractivity contribution < 1.29 is 0 Å². The minimum absolute atomic E-state index is 0.689. The van der Waals surface area contributed by atoms with Crippen LogP contribution in [0.4, 0.5) is 5.82 Å². The first-order valence-corrected chi connectivity index (χ1v) is 7.98. The van der Waals surface area contributed by atoms with Crippen LogP contribution in [0.25, 0.3) is 0 Å². The lowest BCUT2D eigenvalue weighted by Crippen LogP contribution is -2.35. The van der Waals surface area contributed by atoms with Crippen molar-refractivity contribution >= 4 is 21.7 Å². The van der Waals surface area contributed by atoms with Crippen LogP contribution < -0.4 is 4.90 Å². The maximum Gasteiger partial charge on any atom is 0.135 e. The van der Waals surface area contributed by atoms with Crippen molar-refractivity contribution in [3.8, 4) is 0 Å². The van der Waals surface area contributed by atoms with Crippen LogP contribution in [0.2, 0.25) is 0 Å². The van der Waals surface area contributed by atoms with Gasteiger partial charge in [0.2, 0.25) is 0 Å². The Hall–Kier alpha value is -0.640. The maximum atomic E-state index is 4.58. The van der Waals surface area contributed by atoms with Crippen LogP contribution in [0, 0.1) is 0 Å². The molecule has 2 heterocycles. The van der Waals surface area contributed by atoms with Crippen molar-refractivity contribution in [1.82, 2.24) is 9.97 Å². The number of aromatic nitrogens is 2. The molecule has 1 saturated heterocycles. The zero-order valence-corrected chi connectivity index (χ0v) is 12.3. The van der Waals surface area contributed by atoms with Crippen LogP contribution >= 0.6 is 15.9 Å². The van der Waals surface area contributed by atoms with Crippen molar-refractivity contribution in [2.45, 2.75) is 49.8 Å². The van der Waals surface area contributed by atoms with Gasteiger partial charge in [-0.25, -0.2) is 9.97 Å². The highest BCUT2D eigenvalue weighted by Crippen LogP contribution is 2.29. The van der Waals surface area contributed by atoms with Crippen molar-refractivity contribution in [1.29, 1.82) is 0 Å². The van der Waals surface area contributed by atoms with Gasteiger partial charge >= 0.3 is 0 Å². The molecule has 0 amide bonds. The molecule has 1 aromatic heterocycles. The molecule has 0 radical (unpaired) electrons. The van der Waals surface area contributed by atoms with Gasteiger partial charge in [-0.2, -0.15) is 0 Å². The number of rotatable bonds is 1. The van der Waals surface area contributed by atoms with Crippen molar-refractivity contribution in [2.75, 3.05) is 18.0 Å². The zero-order chi connectivity index (χ0) is 12.4. The van der Waals surface area contributed by atoms with Crippen LogP contribution in [0.1, 0.15) is 43.4 Å². The smallest absolute Gasteiger partial charge is 0.135 e. The van der Waals surface area contributed by atoms with E-state index in [9.17, 15) is 0 Å². The molecule has 0 saturated carbocycles. The van der Waals surface area contributed by atoms with Crippen LogP contribution in [0.15, 0.2) is 6.33 Å². The second-order valence-corrected chi connectivity index (χ2v) is 6.64. The number of nitrogens with zero attached hydrogens (tertiary/aromatic N) is 3. The molecule has 0 bridgehead atoms. The number of anilines is 1. The predicted molar refractivity (Wildman–Crippen MR) is 77.5 cm³/mol. The van der Waals surface area contributed by atoms with Gasteiger partial charge in [0.1, 0.15) is 12.1 Å². The fraction of sp³-hybridized carbons (Fsp3) is 0.714. The van der Waals surface area contributed by atoms with Gasteiger partial charge in [-0.05, 0) is 38.5 Å². The number of hydrogen-bond donors (Lipinski definition) is 0. The number of piperidine rings is 1. The number of halogens is 1. The number of fused-ring (bicyclic) bond motifs is 1. The summed E-state index contributed by atoms with van der Waals surface area (Å²) in [5, 5.41) is 0. The van der Waals surface area contributed by atoms with E-state index in [1.165, 1.54) is 55.6 Å². The Balaban J connectivity index is 1.87. The topological polar surface area (TPSA) is 29.0 Å². The third-order valence-electron chi connectivity index (χ3n) is 4.08. The summed E-state index contributed by atoms with van der Waals surface area (Å²) in [6.07, 6.45) is 10.4. The lowest BCUT2D eigenvalue weighted by molar-refractivity contribution is 0.589. The Morgan fingerprint density at radius 3 is 2.67 bits per heavy atom. The molecule has 98 valence electrons. The summed E-state index contributed by atoms with van der Waals surface area (Å²) < 4.78 is 0. The largest absolute Gasteiger partial charge is 0.356 e. The molecule has 2 aliphatic rings. The molecule has 1 aliphatic heterocycles. The van der Waals surface area contributed by atoms with E-state index in [1.54, 1.807) is 6.33 Å². The molecule has 3 rings (SSSR count). The van der Waals surface area contributed by atoms with Crippen molar-refractivity contribution in [3.63, 3.8) is 0 Å². The molecule has 0 aromatic carbocycles. The first-order valence-electron chi connectivity index (χ1n) is 7.06. The minimum Gasteiger partial charge on any atom is -0.356 e. The van der Waals surface area contributed by atoms with Crippen molar-refractivity contribution in [2.24, 2.45) is 0 Å². The molecule has 1 aliphatic carbocycles. The average molecular weight is 310 g/mol. The predicted octanol–water partition coefficient (Wildman–Crippen LogP) is 3.11. The summed E-state index contributed by atoms with van der Waals surface area (Å²) in [4.78, 5) is 12.2. The monoisotopic (exact) mass is 309 g/mol. The van der Waals surface area contributed by atoms with Gasteiger partial charge in [0, 0.05) is 29.2 Å².